The van der Waals surface area contributed by atoms with E-state index in [1.807, 2.05) is 13.0 Å². The van der Waals surface area contributed by atoms with Gasteiger partial charge in [-0.1, -0.05) is 37.3 Å². The van der Waals surface area contributed by atoms with Crippen molar-refractivity contribution in [1.29, 1.82) is 0 Å². The molecule has 1 saturated carbocycles. The summed E-state index contributed by atoms with van der Waals surface area (Å²) in [5.41, 5.74) is 0.911. The topological polar surface area (TPSA) is 52.6 Å². The molecular weight excluding hydrogens is 292 g/mol. The molecule has 4 nitrogen and oxygen atoms in total. The van der Waals surface area contributed by atoms with Crippen LogP contribution in [0.1, 0.15) is 29.3 Å². The quantitative estimate of drug-likeness (QED) is 0.482. The van der Waals surface area contributed by atoms with Gasteiger partial charge >= 0.3 is 5.97 Å². The molecule has 0 radical (unpaired) electrons. The SMILES string of the molecule is COc1ccc(C(=O)c2ccccc2)c(OC(=O)[C@H]2C[C@@H]2C)c1. The molecule has 0 aromatic heterocycles. The van der Waals surface area contributed by atoms with Gasteiger partial charge in [0, 0.05) is 11.6 Å². The third-order valence-corrected chi connectivity index (χ3v) is 4.09. The van der Waals surface area contributed by atoms with E-state index in [4.69, 9.17) is 9.47 Å². The summed E-state index contributed by atoms with van der Waals surface area (Å²) < 4.78 is 10.7. The molecule has 0 unspecified atom stereocenters. The number of carbonyl (C=O) groups is 2. The van der Waals surface area contributed by atoms with Crippen LogP contribution in [0.5, 0.6) is 11.5 Å². The molecule has 118 valence electrons. The molecule has 0 saturated heterocycles. The first-order valence-corrected chi connectivity index (χ1v) is 7.59. The summed E-state index contributed by atoms with van der Waals surface area (Å²) in [4.78, 5) is 24.8. The molecule has 1 fully saturated rings. The van der Waals surface area contributed by atoms with Crippen LogP contribution >= 0.6 is 0 Å². The van der Waals surface area contributed by atoms with Crippen molar-refractivity contribution in [3.05, 3.63) is 59.7 Å². The van der Waals surface area contributed by atoms with E-state index in [-0.39, 0.29) is 23.4 Å². The lowest BCUT2D eigenvalue weighted by Crippen LogP contribution is -2.14. The van der Waals surface area contributed by atoms with Crippen LogP contribution in [0, 0.1) is 11.8 Å². The van der Waals surface area contributed by atoms with Crippen molar-refractivity contribution in [2.24, 2.45) is 11.8 Å². The van der Waals surface area contributed by atoms with Gasteiger partial charge in [0.15, 0.2) is 5.78 Å². The number of carbonyl (C=O) groups excluding carboxylic acids is 2. The van der Waals surface area contributed by atoms with E-state index in [2.05, 4.69) is 0 Å². The number of hydrogen-bond donors (Lipinski definition) is 0. The van der Waals surface area contributed by atoms with Crippen LogP contribution in [0.4, 0.5) is 0 Å². The fraction of sp³-hybridized carbons (Fsp3) is 0.263. The zero-order chi connectivity index (χ0) is 16.4. The Bertz CT molecular complexity index is 736. The molecule has 2 aromatic rings. The fourth-order valence-corrected chi connectivity index (χ4v) is 2.48. The first-order valence-electron chi connectivity index (χ1n) is 7.59. The highest BCUT2D eigenvalue weighted by molar-refractivity contribution is 6.11. The Morgan fingerprint density at radius 1 is 1.09 bits per heavy atom. The minimum Gasteiger partial charge on any atom is -0.497 e. The van der Waals surface area contributed by atoms with Gasteiger partial charge in [-0.2, -0.15) is 0 Å². The number of methoxy groups -OCH3 is 1. The summed E-state index contributed by atoms with van der Waals surface area (Å²) >= 11 is 0. The van der Waals surface area contributed by atoms with Crippen molar-refractivity contribution in [2.45, 2.75) is 13.3 Å². The molecule has 4 heteroatoms. The fourth-order valence-electron chi connectivity index (χ4n) is 2.48. The Morgan fingerprint density at radius 2 is 1.78 bits per heavy atom. The van der Waals surface area contributed by atoms with Gasteiger partial charge in [0.1, 0.15) is 11.5 Å². The van der Waals surface area contributed by atoms with Crippen molar-refractivity contribution < 1.29 is 19.1 Å². The second-order valence-corrected chi connectivity index (χ2v) is 5.80. The molecule has 23 heavy (non-hydrogen) atoms. The molecule has 2 aromatic carbocycles. The van der Waals surface area contributed by atoms with Crippen LogP contribution in [0.2, 0.25) is 0 Å². The molecular formula is C19H18O4. The van der Waals surface area contributed by atoms with Gasteiger partial charge < -0.3 is 9.47 Å². The van der Waals surface area contributed by atoms with E-state index in [0.29, 0.717) is 22.8 Å². The van der Waals surface area contributed by atoms with E-state index in [1.54, 1.807) is 42.5 Å². The van der Waals surface area contributed by atoms with Gasteiger partial charge in [0.05, 0.1) is 18.6 Å². The van der Waals surface area contributed by atoms with E-state index in [9.17, 15) is 9.59 Å². The highest BCUT2D eigenvalue weighted by atomic mass is 16.5. The molecule has 0 bridgehead atoms. The van der Waals surface area contributed by atoms with E-state index in [1.165, 1.54) is 7.11 Å². The average molecular weight is 310 g/mol. The van der Waals surface area contributed by atoms with Crippen LogP contribution < -0.4 is 9.47 Å². The summed E-state index contributed by atoms with van der Waals surface area (Å²) in [7, 11) is 1.53. The van der Waals surface area contributed by atoms with Crippen LogP contribution in [-0.4, -0.2) is 18.9 Å². The zero-order valence-corrected chi connectivity index (χ0v) is 13.1. The Hall–Kier alpha value is -2.62. The van der Waals surface area contributed by atoms with Crippen LogP contribution in [0.15, 0.2) is 48.5 Å². The Kier molecular flexibility index (Phi) is 4.15. The summed E-state index contributed by atoms with van der Waals surface area (Å²) in [6, 6.07) is 13.8. The molecule has 1 aliphatic rings. The first kappa shape index (κ1) is 15.3. The number of benzene rings is 2. The lowest BCUT2D eigenvalue weighted by Gasteiger charge is -2.11. The third-order valence-electron chi connectivity index (χ3n) is 4.09. The maximum atomic E-state index is 12.7. The summed E-state index contributed by atoms with van der Waals surface area (Å²) in [6.07, 6.45) is 0.838. The van der Waals surface area contributed by atoms with Crippen LogP contribution in [0.3, 0.4) is 0 Å². The number of hydrogen-bond acceptors (Lipinski definition) is 4. The van der Waals surface area contributed by atoms with Crippen molar-refractivity contribution >= 4 is 11.8 Å². The van der Waals surface area contributed by atoms with Gasteiger partial charge in [-0.3, -0.25) is 9.59 Å². The maximum absolute atomic E-state index is 12.7. The molecule has 0 amide bonds. The third kappa shape index (κ3) is 3.26. The van der Waals surface area contributed by atoms with Crippen molar-refractivity contribution in [3.63, 3.8) is 0 Å². The van der Waals surface area contributed by atoms with Crippen molar-refractivity contribution in [2.75, 3.05) is 7.11 Å². The molecule has 3 rings (SSSR count). The van der Waals surface area contributed by atoms with Gasteiger partial charge in [0.2, 0.25) is 0 Å². The number of esters is 1. The Balaban J connectivity index is 1.92. The minimum absolute atomic E-state index is 0.0686. The van der Waals surface area contributed by atoms with Crippen LogP contribution in [0.25, 0.3) is 0 Å². The summed E-state index contributed by atoms with van der Waals surface area (Å²) in [5, 5.41) is 0. The molecule has 2 atom stereocenters. The maximum Gasteiger partial charge on any atom is 0.314 e. The molecule has 0 aliphatic heterocycles. The Labute approximate surface area is 135 Å². The minimum atomic E-state index is -0.284. The molecule has 0 heterocycles. The average Bonchev–Trinajstić information content (AvgIpc) is 3.32. The molecule has 0 N–H and O–H groups in total. The number of ketones is 1. The zero-order valence-electron chi connectivity index (χ0n) is 13.1. The lowest BCUT2D eigenvalue weighted by atomic mass is 10.0. The van der Waals surface area contributed by atoms with E-state index in [0.717, 1.165) is 6.42 Å². The highest BCUT2D eigenvalue weighted by Gasteiger charge is 2.41. The first-order chi connectivity index (χ1) is 11.1. The van der Waals surface area contributed by atoms with Gasteiger partial charge in [-0.25, -0.2) is 0 Å². The second kappa shape index (κ2) is 6.24. The van der Waals surface area contributed by atoms with Gasteiger partial charge in [-0.15, -0.1) is 0 Å². The van der Waals surface area contributed by atoms with Crippen molar-refractivity contribution in [3.8, 4) is 11.5 Å². The highest BCUT2D eigenvalue weighted by Crippen LogP contribution is 2.39. The smallest absolute Gasteiger partial charge is 0.314 e. The standard InChI is InChI=1S/C19H18O4/c1-12-10-16(12)19(21)23-17-11-14(22-2)8-9-15(17)18(20)13-6-4-3-5-7-13/h3-9,11-12,16H,10H2,1-2H3/t12-,16-/m0/s1. The van der Waals surface area contributed by atoms with E-state index < -0.39 is 0 Å². The summed E-state index contributed by atoms with van der Waals surface area (Å²) in [6.45, 7) is 2.01. The largest absolute Gasteiger partial charge is 0.497 e. The summed E-state index contributed by atoms with van der Waals surface area (Å²) in [5.74, 6) is 0.610. The number of rotatable bonds is 5. The van der Waals surface area contributed by atoms with E-state index >= 15 is 0 Å². The Morgan fingerprint density at radius 3 is 2.39 bits per heavy atom. The van der Waals surface area contributed by atoms with Crippen LogP contribution in [-0.2, 0) is 4.79 Å². The predicted octanol–water partition coefficient (Wildman–Crippen LogP) is 3.49. The number of ether oxygens (including phenoxy) is 2. The molecule has 1 aliphatic carbocycles. The monoisotopic (exact) mass is 310 g/mol. The lowest BCUT2D eigenvalue weighted by molar-refractivity contribution is -0.136. The molecule has 0 spiro atoms. The van der Waals surface area contributed by atoms with Gasteiger partial charge in [0.25, 0.3) is 0 Å². The second-order valence-electron chi connectivity index (χ2n) is 5.80. The predicted molar refractivity (Wildman–Crippen MR) is 85.8 cm³/mol. The van der Waals surface area contributed by atoms with Crippen molar-refractivity contribution in [1.82, 2.24) is 0 Å². The normalized spacial score (nSPS) is 19.0. The van der Waals surface area contributed by atoms with Gasteiger partial charge in [-0.05, 0) is 24.5 Å².